The number of anilines is 3. The predicted octanol–water partition coefficient (Wildman–Crippen LogP) is 3.07. The van der Waals surface area contributed by atoms with Crippen LogP contribution in [0.1, 0.15) is 19.4 Å². The smallest absolute Gasteiger partial charge is 0.239 e. The van der Waals surface area contributed by atoms with Crippen molar-refractivity contribution in [1.29, 1.82) is 5.26 Å². The van der Waals surface area contributed by atoms with Gasteiger partial charge in [-0.1, -0.05) is 0 Å². The summed E-state index contributed by atoms with van der Waals surface area (Å²) in [6, 6.07) is 12.7. The van der Waals surface area contributed by atoms with Gasteiger partial charge in [-0.25, -0.2) is 0 Å². The van der Waals surface area contributed by atoms with Gasteiger partial charge in [-0.2, -0.15) is 10.2 Å². The number of aromatic nitrogens is 1. The lowest BCUT2D eigenvalue weighted by Crippen LogP contribution is -2.09. The molecular weight excluding hydrogens is 252 g/mol. The fourth-order valence-corrected chi connectivity index (χ4v) is 1.61. The number of hydrogen-bond acceptors (Lipinski definition) is 5. The molecule has 5 nitrogen and oxygen atoms in total. The van der Waals surface area contributed by atoms with Gasteiger partial charge in [-0.15, -0.1) is 0 Å². The number of rotatable bonds is 4. The molecule has 0 aliphatic heterocycles. The van der Waals surface area contributed by atoms with E-state index in [4.69, 9.17) is 15.7 Å². The van der Waals surface area contributed by atoms with Crippen LogP contribution in [0.25, 0.3) is 0 Å². The molecule has 0 saturated heterocycles. The number of nitrogen functional groups attached to an aromatic ring is 1. The van der Waals surface area contributed by atoms with Crippen LogP contribution >= 0.6 is 0 Å². The van der Waals surface area contributed by atoms with E-state index >= 15 is 0 Å². The Morgan fingerprint density at radius 1 is 1.20 bits per heavy atom. The van der Waals surface area contributed by atoms with E-state index in [0.717, 1.165) is 5.69 Å². The van der Waals surface area contributed by atoms with Crippen LogP contribution in [-0.2, 0) is 0 Å². The highest BCUT2D eigenvalue weighted by Gasteiger charge is 2.06. The van der Waals surface area contributed by atoms with E-state index in [1.807, 2.05) is 26.0 Å². The van der Waals surface area contributed by atoms with Gasteiger partial charge >= 0.3 is 0 Å². The van der Waals surface area contributed by atoms with E-state index in [2.05, 4.69) is 16.4 Å². The molecule has 3 N–H and O–H groups in total. The van der Waals surface area contributed by atoms with Crippen molar-refractivity contribution in [2.24, 2.45) is 0 Å². The van der Waals surface area contributed by atoms with Crippen LogP contribution in [-0.4, -0.2) is 11.1 Å². The molecule has 0 bridgehead atoms. The first-order valence-corrected chi connectivity index (χ1v) is 6.29. The van der Waals surface area contributed by atoms with E-state index < -0.39 is 0 Å². The Labute approximate surface area is 118 Å². The highest BCUT2D eigenvalue weighted by molar-refractivity contribution is 5.61. The van der Waals surface area contributed by atoms with Gasteiger partial charge in [0, 0.05) is 5.69 Å². The number of ether oxygens (including phenoxy) is 1. The van der Waals surface area contributed by atoms with Crippen molar-refractivity contribution in [3.05, 3.63) is 42.0 Å². The molecule has 0 atom stereocenters. The molecule has 5 heteroatoms. The molecule has 0 unspecified atom stereocenters. The number of pyridine rings is 1. The Kier molecular flexibility index (Phi) is 4.06. The lowest BCUT2D eigenvalue weighted by Gasteiger charge is -2.13. The van der Waals surface area contributed by atoms with Crippen LogP contribution in [0.3, 0.4) is 0 Å². The van der Waals surface area contributed by atoms with Crippen LogP contribution in [0.4, 0.5) is 17.2 Å². The second kappa shape index (κ2) is 5.93. The zero-order chi connectivity index (χ0) is 14.5. The SMILES string of the molecule is CC(C)Oc1nc(Nc2ccc(C#N)cc2)ccc1N. The summed E-state index contributed by atoms with van der Waals surface area (Å²) in [4.78, 5) is 4.33. The summed E-state index contributed by atoms with van der Waals surface area (Å²) in [5, 5.41) is 11.9. The first-order valence-electron chi connectivity index (χ1n) is 6.29. The molecule has 2 rings (SSSR count). The van der Waals surface area contributed by atoms with Crippen LogP contribution in [0, 0.1) is 11.3 Å². The highest BCUT2D eigenvalue weighted by Crippen LogP contribution is 2.24. The summed E-state index contributed by atoms with van der Waals surface area (Å²) in [5.41, 5.74) is 7.78. The maximum Gasteiger partial charge on any atom is 0.239 e. The lowest BCUT2D eigenvalue weighted by atomic mass is 10.2. The Bertz CT molecular complexity index is 629. The zero-order valence-corrected chi connectivity index (χ0v) is 11.4. The summed E-state index contributed by atoms with van der Waals surface area (Å²) >= 11 is 0. The topological polar surface area (TPSA) is 84.0 Å². The van der Waals surface area contributed by atoms with Crippen molar-refractivity contribution < 1.29 is 4.74 Å². The van der Waals surface area contributed by atoms with E-state index in [0.29, 0.717) is 22.9 Å². The molecule has 1 heterocycles. The number of nitrogens with one attached hydrogen (secondary N) is 1. The van der Waals surface area contributed by atoms with E-state index in [-0.39, 0.29) is 6.10 Å². The normalized spacial score (nSPS) is 10.1. The second-order valence-corrected chi connectivity index (χ2v) is 4.57. The first-order chi connectivity index (χ1) is 9.58. The molecule has 1 aromatic heterocycles. The summed E-state index contributed by atoms with van der Waals surface area (Å²) in [6.07, 6.45) is 0.00922. The summed E-state index contributed by atoms with van der Waals surface area (Å²) in [7, 11) is 0. The van der Waals surface area contributed by atoms with Crippen LogP contribution in [0.5, 0.6) is 5.88 Å². The molecule has 0 spiro atoms. The molecule has 0 aliphatic carbocycles. The fraction of sp³-hybridized carbons (Fsp3) is 0.200. The average Bonchev–Trinajstić information content (AvgIpc) is 2.43. The van der Waals surface area contributed by atoms with Crippen molar-refractivity contribution >= 4 is 17.2 Å². The van der Waals surface area contributed by atoms with Gasteiger partial charge in [0.15, 0.2) is 0 Å². The second-order valence-electron chi connectivity index (χ2n) is 4.57. The Balaban J connectivity index is 2.18. The standard InChI is InChI=1S/C15H16N4O/c1-10(2)20-15-13(17)7-8-14(19-15)18-12-5-3-11(9-16)4-6-12/h3-8,10H,17H2,1-2H3,(H,18,19). The number of hydrogen-bond donors (Lipinski definition) is 2. The first kappa shape index (κ1) is 13.7. The molecule has 0 aliphatic rings. The lowest BCUT2D eigenvalue weighted by molar-refractivity contribution is 0.234. The highest BCUT2D eigenvalue weighted by atomic mass is 16.5. The number of benzene rings is 1. The molecule has 20 heavy (non-hydrogen) atoms. The average molecular weight is 268 g/mol. The summed E-state index contributed by atoms with van der Waals surface area (Å²) < 4.78 is 5.54. The van der Waals surface area contributed by atoms with Crippen LogP contribution in [0.2, 0.25) is 0 Å². The Morgan fingerprint density at radius 2 is 1.90 bits per heavy atom. The number of nitriles is 1. The zero-order valence-electron chi connectivity index (χ0n) is 11.4. The summed E-state index contributed by atoms with van der Waals surface area (Å²) in [5.74, 6) is 1.05. The van der Waals surface area contributed by atoms with Crippen LogP contribution < -0.4 is 15.8 Å². The molecule has 0 radical (unpaired) electrons. The molecular formula is C15H16N4O. The van der Waals surface area contributed by atoms with Gasteiger partial charge in [0.2, 0.25) is 5.88 Å². The van der Waals surface area contributed by atoms with E-state index in [9.17, 15) is 0 Å². The molecule has 2 aromatic rings. The third kappa shape index (κ3) is 3.39. The minimum absolute atomic E-state index is 0.00922. The molecule has 102 valence electrons. The van der Waals surface area contributed by atoms with Crippen molar-refractivity contribution in [3.63, 3.8) is 0 Å². The third-order valence-corrected chi connectivity index (χ3v) is 2.52. The molecule has 1 aromatic carbocycles. The van der Waals surface area contributed by atoms with E-state index in [1.54, 1.807) is 24.3 Å². The van der Waals surface area contributed by atoms with E-state index in [1.165, 1.54) is 0 Å². The summed E-state index contributed by atoms with van der Waals surface area (Å²) in [6.45, 7) is 3.84. The molecule has 0 saturated carbocycles. The molecule has 0 fully saturated rings. The quantitative estimate of drug-likeness (QED) is 0.890. The maximum atomic E-state index is 8.76. The van der Waals surface area contributed by atoms with Crippen molar-refractivity contribution in [2.45, 2.75) is 20.0 Å². The Hall–Kier alpha value is -2.74. The van der Waals surface area contributed by atoms with Crippen molar-refractivity contribution in [1.82, 2.24) is 4.98 Å². The monoisotopic (exact) mass is 268 g/mol. The minimum atomic E-state index is 0.00922. The van der Waals surface area contributed by atoms with Gasteiger partial charge < -0.3 is 15.8 Å². The van der Waals surface area contributed by atoms with Gasteiger partial charge in [0.1, 0.15) is 5.82 Å². The fourth-order valence-electron chi connectivity index (χ4n) is 1.61. The minimum Gasteiger partial charge on any atom is -0.473 e. The Morgan fingerprint density at radius 3 is 2.50 bits per heavy atom. The largest absolute Gasteiger partial charge is 0.473 e. The van der Waals surface area contributed by atoms with Crippen LogP contribution in [0.15, 0.2) is 36.4 Å². The van der Waals surface area contributed by atoms with Gasteiger partial charge in [-0.3, -0.25) is 0 Å². The van der Waals surface area contributed by atoms with Gasteiger partial charge in [0.05, 0.1) is 23.4 Å². The van der Waals surface area contributed by atoms with Gasteiger partial charge in [-0.05, 0) is 50.2 Å². The third-order valence-electron chi connectivity index (χ3n) is 2.52. The van der Waals surface area contributed by atoms with Crippen molar-refractivity contribution in [2.75, 3.05) is 11.1 Å². The predicted molar refractivity (Wildman–Crippen MR) is 78.9 cm³/mol. The number of nitrogens with zero attached hydrogens (tertiary/aromatic N) is 2. The maximum absolute atomic E-state index is 8.76. The van der Waals surface area contributed by atoms with Gasteiger partial charge in [0.25, 0.3) is 0 Å². The number of nitrogens with two attached hydrogens (primary N) is 1. The molecule has 0 amide bonds. The van der Waals surface area contributed by atoms with Crippen molar-refractivity contribution in [3.8, 4) is 11.9 Å².